The molecule has 0 saturated carbocycles. The van der Waals surface area contributed by atoms with Crippen LogP contribution in [0.4, 0.5) is 22.7 Å². The minimum atomic E-state index is -1.58. The average Bonchev–Trinajstić information content (AvgIpc) is 2.55. The number of Topliss-reactive ketones (excluding diaryl/α,β-unsaturated/α-hetero) is 1. The van der Waals surface area contributed by atoms with Crippen LogP contribution in [-0.2, 0) is 4.79 Å². The molecule has 0 spiro atoms. The van der Waals surface area contributed by atoms with Gasteiger partial charge in [0.25, 0.3) is 0 Å². The van der Waals surface area contributed by atoms with Crippen LogP contribution in [-0.4, -0.2) is 36.1 Å². The number of hydrogen-bond acceptors (Lipinski definition) is 6. The maximum absolute atomic E-state index is 11.7. The SMILES string of the molecule is B=BNc1cc(Nc2ccccc2[N+](=O)[O-])ccc1C(=O)C(=O)O. The number of carboxylic acids is 1. The molecule has 0 aliphatic carbocycles. The van der Waals surface area contributed by atoms with Crippen molar-refractivity contribution in [2.45, 2.75) is 0 Å². The fraction of sp³-hybridized carbons (Fsp3) is 0. The summed E-state index contributed by atoms with van der Waals surface area (Å²) < 4.78 is 0. The van der Waals surface area contributed by atoms with E-state index in [1.807, 2.05) is 0 Å². The molecule has 10 heteroatoms. The first-order valence-corrected chi connectivity index (χ1v) is 6.73. The van der Waals surface area contributed by atoms with Gasteiger partial charge in [-0.25, -0.2) is 0 Å². The molecule has 0 aromatic heterocycles. The van der Waals surface area contributed by atoms with Gasteiger partial charge in [-0.1, -0.05) is 0 Å². The van der Waals surface area contributed by atoms with Crippen LogP contribution >= 0.6 is 0 Å². The van der Waals surface area contributed by atoms with Crippen LogP contribution in [0.25, 0.3) is 0 Å². The van der Waals surface area contributed by atoms with E-state index in [0.29, 0.717) is 5.69 Å². The molecule has 0 saturated heterocycles. The minimum absolute atomic E-state index is 0.0458. The first kappa shape index (κ1) is 17.1. The van der Waals surface area contributed by atoms with E-state index in [0.717, 1.165) is 0 Å². The molecule has 0 aliphatic rings. The topological polar surface area (TPSA) is 122 Å². The standard InChI is InChI=1S/C14H11B2N3O5/c15-16-18-11-7-8(5-6-9(11)13(20)14(21)22)17-10-3-1-2-4-12(10)19(23)24/h1-7,15,17-18H,(H,21,22). The number of para-hydroxylation sites is 2. The molecule has 0 atom stereocenters. The molecule has 0 amide bonds. The molecule has 0 bridgehead atoms. The van der Waals surface area contributed by atoms with Crippen molar-refractivity contribution in [2.24, 2.45) is 0 Å². The molecule has 0 heterocycles. The molecule has 2 aromatic carbocycles. The number of nitro groups is 1. The Kier molecular flexibility index (Phi) is 5.20. The van der Waals surface area contributed by atoms with Gasteiger partial charge in [0.2, 0.25) is 0 Å². The fourth-order valence-corrected chi connectivity index (χ4v) is 2.06. The van der Waals surface area contributed by atoms with Crippen molar-refractivity contribution in [2.75, 3.05) is 10.5 Å². The van der Waals surface area contributed by atoms with Crippen LogP contribution in [0.15, 0.2) is 42.5 Å². The van der Waals surface area contributed by atoms with E-state index in [-0.39, 0.29) is 22.6 Å². The van der Waals surface area contributed by atoms with Gasteiger partial charge in [-0.15, -0.1) is 0 Å². The Morgan fingerprint density at radius 2 is 1.88 bits per heavy atom. The molecule has 8 nitrogen and oxygen atoms in total. The van der Waals surface area contributed by atoms with Crippen molar-refractivity contribution in [1.29, 1.82) is 0 Å². The average molecular weight is 323 g/mol. The normalized spacial score (nSPS) is 9.62. The molecule has 2 aromatic rings. The first-order chi connectivity index (χ1) is 11.4. The van der Waals surface area contributed by atoms with E-state index in [9.17, 15) is 19.7 Å². The Balaban J connectivity index is 2.41. The summed E-state index contributed by atoms with van der Waals surface area (Å²) in [7, 11) is 3.47. The number of nitrogens with one attached hydrogen (secondary N) is 2. The van der Waals surface area contributed by atoms with Crippen LogP contribution in [0.1, 0.15) is 10.4 Å². The number of nitro benzene ring substituents is 1. The van der Waals surface area contributed by atoms with Gasteiger partial charge in [0.1, 0.15) is 0 Å². The Labute approximate surface area is 137 Å². The zero-order chi connectivity index (χ0) is 17.7. The number of aliphatic carboxylic acids is 1. The number of benzene rings is 2. The first-order valence-electron chi connectivity index (χ1n) is 6.73. The summed E-state index contributed by atoms with van der Waals surface area (Å²) in [5, 5.41) is 25.4. The van der Waals surface area contributed by atoms with Crippen molar-refractivity contribution in [1.82, 2.24) is 0 Å². The second-order valence-corrected chi connectivity index (χ2v) is 4.64. The second kappa shape index (κ2) is 7.32. The molecule has 3 N–H and O–H groups in total. The third kappa shape index (κ3) is 3.72. The number of rotatable bonds is 7. The molecule has 118 valence electrons. The number of carbonyl (C=O) groups excluding carboxylic acids is 1. The molecular formula is C14H11B2N3O5. The Morgan fingerprint density at radius 3 is 2.50 bits per heavy atom. The molecule has 24 heavy (non-hydrogen) atoms. The van der Waals surface area contributed by atoms with E-state index in [2.05, 4.69) is 17.9 Å². The third-order valence-corrected chi connectivity index (χ3v) is 3.10. The summed E-state index contributed by atoms with van der Waals surface area (Å²) in [6.45, 7) is 1.29. The summed E-state index contributed by atoms with van der Waals surface area (Å²) >= 11 is 0. The Bertz CT molecular complexity index is 841. The van der Waals surface area contributed by atoms with Crippen LogP contribution in [0.5, 0.6) is 0 Å². The second-order valence-electron chi connectivity index (χ2n) is 4.64. The van der Waals surface area contributed by atoms with Gasteiger partial charge in [-0.2, -0.15) is 0 Å². The summed E-state index contributed by atoms with van der Waals surface area (Å²) in [5.41, 5.74) is 0.776. The molecule has 0 fully saturated rings. The van der Waals surface area contributed by atoms with Crippen molar-refractivity contribution in [3.8, 4) is 0 Å². The summed E-state index contributed by atoms with van der Waals surface area (Å²) in [4.78, 5) is 33.0. The predicted molar refractivity (Wildman–Crippen MR) is 91.3 cm³/mol. The van der Waals surface area contributed by atoms with E-state index in [1.165, 1.54) is 37.3 Å². The molecule has 0 unspecified atom stereocenters. The van der Waals surface area contributed by atoms with Crippen molar-refractivity contribution >= 4 is 48.8 Å². The maximum atomic E-state index is 11.7. The number of ketones is 1. The molecule has 0 aliphatic heterocycles. The van der Waals surface area contributed by atoms with Crippen LogP contribution in [0.2, 0.25) is 0 Å². The van der Waals surface area contributed by atoms with Crippen LogP contribution in [0, 0.1) is 10.1 Å². The summed E-state index contributed by atoms with van der Waals surface area (Å²) in [5.74, 6) is -2.65. The van der Waals surface area contributed by atoms with Crippen LogP contribution in [0.3, 0.4) is 0 Å². The Hall–Kier alpha value is -3.29. The third-order valence-electron chi connectivity index (χ3n) is 3.10. The predicted octanol–water partition coefficient (Wildman–Crippen LogP) is 1.45. The summed E-state index contributed by atoms with van der Waals surface area (Å²) in [6.07, 6.45) is 0. The van der Waals surface area contributed by atoms with Gasteiger partial charge < -0.3 is 0 Å². The zero-order valence-corrected chi connectivity index (χ0v) is 12.4. The fourth-order valence-electron chi connectivity index (χ4n) is 2.06. The number of nitrogens with zero attached hydrogens (tertiary/aromatic N) is 1. The van der Waals surface area contributed by atoms with Gasteiger partial charge in [-0.3, -0.25) is 0 Å². The van der Waals surface area contributed by atoms with Crippen molar-refractivity contribution in [3.05, 3.63) is 58.1 Å². The van der Waals surface area contributed by atoms with Crippen LogP contribution < -0.4 is 10.5 Å². The summed E-state index contributed by atoms with van der Waals surface area (Å²) in [6, 6.07) is 10.3. The van der Waals surface area contributed by atoms with Gasteiger partial charge in [-0.05, 0) is 0 Å². The van der Waals surface area contributed by atoms with Gasteiger partial charge in [0, 0.05) is 0 Å². The quantitative estimate of drug-likeness (QED) is 0.232. The van der Waals surface area contributed by atoms with E-state index in [1.54, 1.807) is 12.1 Å². The van der Waals surface area contributed by atoms with Gasteiger partial charge in [0.15, 0.2) is 0 Å². The van der Waals surface area contributed by atoms with Crippen molar-refractivity contribution in [3.63, 3.8) is 0 Å². The van der Waals surface area contributed by atoms with Crippen molar-refractivity contribution < 1.29 is 19.6 Å². The number of hydrogen-bond donors (Lipinski definition) is 3. The van der Waals surface area contributed by atoms with Gasteiger partial charge in [0.05, 0.1) is 0 Å². The number of carboxylic acid groups (broad SMARTS) is 1. The molecule has 2 rings (SSSR count). The van der Waals surface area contributed by atoms with Gasteiger partial charge >= 0.3 is 137 Å². The van der Waals surface area contributed by atoms with E-state index >= 15 is 0 Å². The number of anilines is 3. The monoisotopic (exact) mass is 323 g/mol. The van der Waals surface area contributed by atoms with E-state index in [4.69, 9.17) is 5.11 Å². The number of carbonyl (C=O) groups is 2. The molecular weight excluding hydrogens is 312 g/mol. The van der Waals surface area contributed by atoms with E-state index < -0.39 is 16.7 Å². The molecule has 0 radical (unpaired) electrons. The zero-order valence-electron chi connectivity index (χ0n) is 12.4. The Morgan fingerprint density at radius 1 is 1.17 bits per heavy atom.